The Bertz CT molecular complexity index is 1050. The minimum absolute atomic E-state index is 0. The van der Waals surface area contributed by atoms with Gasteiger partial charge in [-0.25, -0.2) is 0 Å². The van der Waals surface area contributed by atoms with Crippen molar-refractivity contribution in [2.75, 3.05) is 0 Å². The van der Waals surface area contributed by atoms with Crippen LogP contribution in [0, 0.1) is 41.5 Å². The van der Waals surface area contributed by atoms with E-state index in [-0.39, 0.29) is 18.9 Å². The van der Waals surface area contributed by atoms with E-state index in [4.69, 9.17) is 0 Å². The van der Waals surface area contributed by atoms with Crippen LogP contribution in [0.3, 0.4) is 0 Å². The van der Waals surface area contributed by atoms with Gasteiger partial charge >= 0.3 is 18.9 Å². The molecule has 1 aromatic heterocycles. The molecule has 4 aromatic rings. The van der Waals surface area contributed by atoms with Gasteiger partial charge in [-0.15, -0.1) is 32.4 Å². The fraction of sp³-hybridized carbons (Fsp3) is 0.231. The van der Waals surface area contributed by atoms with E-state index in [9.17, 15) is 0 Å². The molecule has 0 aliphatic rings. The van der Waals surface area contributed by atoms with Crippen molar-refractivity contribution in [3.8, 4) is 26.5 Å². The molecule has 0 aliphatic carbocycles. The van der Waals surface area contributed by atoms with E-state index in [0.717, 1.165) is 0 Å². The normalized spacial score (nSPS) is 11.7. The molecule has 0 saturated carbocycles. The summed E-state index contributed by atoms with van der Waals surface area (Å²) in [5, 5.41) is 4.70. The molecule has 0 nitrogen and oxygen atoms in total. The van der Waals surface area contributed by atoms with Gasteiger partial charge in [-0.1, -0.05) is 79.6 Å². The minimum atomic E-state index is -0.435. The Morgan fingerprint density at radius 1 is 0.690 bits per heavy atom. The molecule has 0 atom stereocenters. The predicted octanol–water partition coefficient (Wildman–Crippen LogP) is 6.15. The van der Waals surface area contributed by atoms with E-state index in [0.29, 0.717) is 0 Å². The molecule has 0 fully saturated rings. The van der Waals surface area contributed by atoms with Crippen LogP contribution in [-0.2, 0) is 0 Å². The second kappa shape index (κ2) is 8.76. The van der Waals surface area contributed by atoms with E-state index in [1.54, 1.807) is 10.1 Å². The Hall–Kier alpha value is -1.40. The van der Waals surface area contributed by atoms with Crippen LogP contribution in [-0.4, -0.2) is 0 Å². The van der Waals surface area contributed by atoms with Gasteiger partial charge in [-0.3, -0.25) is 0 Å². The minimum Gasteiger partial charge on any atom is -0.139 e. The van der Waals surface area contributed by atoms with Gasteiger partial charge in [-0.05, 0) is 59.7 Å². The van der Waals surface area contributed by atoms with Gasteiger partial charge in [0.05, 0.1) is 0 Å². The number of hydrogen-bond donors (Lipinski definition) is 0. The Balaban J connectivity index is 0.00000240. The summed E-state index contributed by atoms with van der Waals surface area (Å²) in [5.74, 6) is 0. The predicted molar refractivity (Wildman–Crippen MR) is 128 cm³/mol. The quantitative estimate of drug-likeness (QED) is 0.282. The molecule has 0 radical (unpaired) electrons. The summed E-state index contributed by atoms with van der Waals surface area (Å²) in [4.78, 5) is 0. The summed E-state index contributed by atoms with van der Waals surface area (Å²) in [6.07, 6.45) is 0. The molecular formula is C26H27LiP2. The largest absolute Gasteiger partial charge is 1.00 e. The first-order chi connectivity index (χ1) is 13.4. The Morgan fingerprint density at radius 2 is 1.17 bits per heavy atom. The van der Waals surface area contributed by atoms with Crippen LogP contribution in [0.5, 0.6) is 0 Å². The number of hydrogen-bond acceptors (Lipinski definition) is 0. The molecule has 3 aromatic carbocycles. The first kappa shape index (κ1) is 22.3. The second-order valence-electron chi connectivity index (χ2n) is 7.98. The zero-order chi connectivity index (χ0) is 20.0. The third-order valence-corrected chi connectivity index (χ3v) is 10.2. The first-order valence-electron chi connectivity index (χ1n) is 9.84. The molecule has 29 heavy (non-hydrogen) atoms. The van der Waals surface area contributed by atoms with Crippen molar-refractivity contribution in [3.63, 3.8) is 0 Å². The van der Waals surface area contributed by atoms with Crippen molar-refractivity contribution >= 4 is 15.7 Å². The third-order valence-electron chi connectivity index (χ3n) is 5.45. The summed E-state index contributed by atoms with van der Waals surface area (Å²) in [5.41, 5.74) is 11.4. The monoisotopic (exact) mass is 408 g/mol. The fourth-order valence-electron chi connectivity index (χ4n) is 4.48. The van der Waals surface area contributed by atoms with Crippen LogP contribution < -0.4 is 18.9 Å². The van der Waals surface area contributed by atoms with Crippen molar-refractivity contribution in [2.45, 2.75) is 41.5 Å². The molecular weight excluding hydrogens is 381 g/mol. The van der Waals surface area contributed by atoms with Crippen LogP contribution in [0.1, 0.15) is 33.4 Å². The van der Waals surface area contributed by atoms with Crippen LogP contribution >= 0.6 is 15.7 Å². The Morgan fingerprint density at radius 3 is 1.69 bits per heavy atom. The molecule has 0 aliphatic heterocycles. The Kier molecular flexibility index (Phi) is 6.73. The van der Waals surface area contributed by atoms with Gasteiger partial charge in [0.25, 0.3) is 0 Å². The number of rotatable bonds is 3. The summed E-state index contributed by atoms with van der Waals surface area (Å²) < 4.78 is 0. The van der Waals surface area contributed by atoms with Crippen LogP contribution in [0.2, 0.25) is 0 Å². The summed E-state index contributed by atoms with van der Waals surface area (Å²) in [6.45, 7) is 13.5. The second-order valence-corrected chi connectivity index (χ2v) is 11.9. The molecule has 0 amide bonds. The average molecular weight is 408 g/mol. The first-order valence-corrected chi connectivity index (χ1v) is 12.1. The van der Waals surface area contributed by atoms with Gasteiger partial charge in [-0.2, -0.15) is 0 Å². The van der Waals surface area contributed by atoms with E-state index in [1.807, 2.05) is 0 Å². The molecule has 3 heteroatoms. The van der Waals surface area contributed by atoms with Gasteiger partial charge in [0.1, 0.15) is 0 Å². The van der Waals surface area contributed by atoms with E-state index in [2.05, 4.69) is 96.1 Å². The molecule has 0 saturated heterocycles. The smallest absolute Gasteiger partial charge is 0.139 e. The Labute approximate surface area is 190 Å². The van der Waals surface area contributed by atoms with E-state index in [1.165, 1.54) is 58.0 Å². The SMILES string of the molecule is Cc1cc(C)c(-c2p[c-](-c3c(C)cc(C)cc3C)p2-c2ccccc2)c(C)c1.[Li+]. The summed E-state index contributed by atoms with van der Waals surface area (Å²) in [6, 6.07) is 20.5. The third kappa shape index (κ3) is 4.11. The van der Waals surface area contributed by atoms with Crippen LogP contribution in [0.25, 0.3) is 26.5 Å². The van der Waals surface area contributed by atoms with Crippen LogP contribution in [0.4, 0.5) is 0 Å². The van der Waals surface area contributed by atoms with Gasteiger partial charge in [0.2, 0.25) is 0 Å². The average Bonchev–Trinajstić information content (AvgIpc) is 2.58. The standard InChI is InChI=1S/C26H27P2.Li/c1-16-12-18(3)23(19(4)13-16)25-27-26(28(25)22-10-8-7-9-11-22)24-20(5)14-17(2)15-21(24)6;/h7-15H,1-6H3;/q-1;+1. The van der Waals surface area contributed by atoms with Crippen molar-refractivity contribution in [2.24, 2.45) is 0 Å². The van der Waals surface area contributed by atoms with Crippen LogP contribution in [0.15, 0.2) is 54.6 Å². The summed E-state index contributed by atoms with van der Waals surface area (Å²) in [7, 11) is 0.974. The maximum absolute atomic E-state index is 2.34. The molecule has 0 spiro atoms. The van der Waals surface area contributed by atoms with Gasteiger partial charge in [0, 0.05) is 0 Å². The molecule has 0 bridgehead atoms. The molecule has 0 unspecified atom stereocenters. The number of aryl methyl sites for hydroxylation is 6. The maximum atomic E-state index is 2.34. The maximum Gasteiger partial charge on any atom is 1.00 e. The van der Waals surface area contributed by atoms with Gasteiger partial charge in [0.15, 0.2) is 0 Å². The van der Waals surface area contributed by atoms with E-state index >= 15 is 0 Å². The summed E-state index contributed by atoms with van der Waals surface area (Å²) >= 11 is 0. The topological polar surface area (TPSA) is 0 Å². The molecule has 1 heterocycles. The molecule has 0 N–H and O–H groups in total. The molecule has 142 valence electrons. The molecule has 4 rings (SSSR count). The van der Waals surface area contributed by atoms with Crippen molar-refractivity contribution < 1.29 is 18.9 Å². The fourth-order valence-corrected chi connectivity index (χ4v) is 9.92. The van der Waals surface area contributed by atoms with Crippen molar-refractivity contribution in [3.05, 3.63) is 88.0 Å². The number of benzene rings is 3. The zero-order valence-corrected chi connectivity index (χ0v) is 20.4. The van der Waals surface area contributed by atoms with Crippen molar-refractivity contribution in [1.82, 2.24) is 0 Å². The zero-order valence-electron chi connectivity index (χ0n) is 18.6. The van der Waals surface area contributed by atoms with E-state index < -0.39 is 7.53 Å². The van der Waals surface area contributed by atoms with Gasteiger partial charge < -0.3 is 0 Å². The van der Waals surface area contributed by atoms with Crippen molar-refractivity contribution in [1.29, 1.82) is 0 Å².